The molecule has 3 heterocycles. The minimum Gasteiger partial charge on any atom is -0.472 e. The van der Waals surface area contributed by atoms with Gasteiger partial charge in [0.2, 0.25) is 5.88 Å². The standard InChI is InChI=1S/C16H13IN4OS2/c1-21-11-10-14(22-8-9-6-4-3-5-7-9)18-16(23-2)19-15(10)24-12(11)13(17)20-21/h3-7H,8H2,1-2H3. The van der Waals surface area contributed by atoms with Crippen molar-refractivity contribution >= 4 is 66.1 Å². The molecule has 0 amide bonds. The first-order valence-corrected chi connectivity index (χ1v) is 10.3. The number of halogens is 1. The van der Waals surface area contributed by atoms with Crippen LogP contribution in [0.25, 0.3) is 20.4 Å². The van der Waals surface area contributed by atoms with Gasteiger partial charge in [-0.15, -0.1) is 11.3 Å². The van der Waals surface area contributed by atoms with Crippen LogP contribution in [0.15, 0.2) is 35.5 Å². The molecule has 0 aliphatic heterocycles. The van der Waals surface area contributed by atoms with Gasteiger partial charge >= 0.3 is 0 Å². The van der Waals surface area contributed by atoms with Gasteiger partial charge in [0.15, 0.2) is 5.16 Å². The van der Waals surface area contributed by atoms with Crippen molar-refractivity contribution in [1.29, 1.82) is 0 Å². The van der Waals surface area contributed by atoms with Crippen LogP contribution in [0.3, 0.4) is 0 Å². The van der Waals surface area contributed by atoms with Gasteiger partial charge in [-0.2, -0.15) is 10.1 Å². The Morgan fingerprint density at radius 2 is 2.04 bits per heavy atom. The topological polar surface area (TPSA) is 52.8 Å². The van der Waals surface area contributed by atoms with Gasteiger partial charge in [0.25, 0.3) is 0 Å². The number of thioether (sulfide) groups is 1. The predicted octanol–water partition coefficient (Wildman–Crippen LogP) is 4.48. The van der Waals surface area contributed by atoms with Crippen LogP contribution in [0, 0.1) is 3.70 Å². The maximum atomic E-state index is 6.08. The van der Waals surface area contributed by atoms with E-state index >= 15 is 0 Å². The van der Waals surface area contributed by atoms with Gasteiger partial charge in [0.1, 0.15) is 15.1 Å². The molecule has 24 heavy (non-hydrogen) atoms. The van der Waals surface area contributed by atoms with E-state index < -0.39 is 0 Å². The molecule has 122 valence electrons. The summed E-state index contributed by atoms with van der Waals surface area (Å²) in [5.41, 5.74) is 2.15. The molecule has 0 unspecified atom stereocenters. The Kier molecular flexibility index (Phi) is 4.35. The molecule has 0 fully saturated rings. The van der Waals surface area contributed by atoms with Crippen molar-refractivity contribution in [3.05, 3.63) is 39.6 Å². The molecule has 0 atom stereocenters. The fourth-order valence-electron chi connectivity index (χ4n) is 2.53. The van der Waals surface area contributed by atoms with Crippen molar-refractivity contribution in [2.75, 3.05) is 6.26 Å². The molecule has 4 aromatic rings. The molecular formula is C16H13IN4OS2. The maximum absolute atomic E-state index is 6.08. The summed E-state index contributed by atoms with van der Waals surface area (Å²) in [5, 5.41) is 6.17. The van der Waals surface area contributed by atoms with E-state index in [2.05, 4.69) is 37.7 Å². The zero-order valence-electron chi connectivity index (χ0n) is 13.0. The van der Waals surface area contributed by atoms with Crippen LogP contribution < -0.4 is 4.74 Å². The normalized spacial score (nSPS) is 11.5. The number of fused-ring (bicyclic) bond motifs is 3. The molecular weight excluding hydrogens is 455 g/mol. The fourth-order valence-corrected chi connectivity index (χ4v) is 4.93. The Morgan fingerprint density at radius 3 is 2.79 bits per heavy atom. The zero-order chi connectivity index (χ0) is 16.7. The van der Waals surface area contributed by atoms with E-state index in [-0.39, 0.29) is 0 Å². The highest BCUT2D eigenvalue weighted by atomic mass is 127. The highest BCUT2D eigenvalue weighted by molar-refractivity contribution is 14.1. The molecule has 3 aromatic heterocycles. The second-order valence-corrected chi connectivity index (χ2v) is 7.96. The molecule has 0 aliphatic carbocycles. The first-order valence-electron chi connectivity index (χ1n) is 7.21. The second kappa shape index (κ2) is 6.49. The van der Waals surface area contributed by atoms with E-state index in [1.165, 1.54) is 11.8 Å². The Bertz CT molecular complexity index is 1030. The smallest absolute Gasteiger partial charge is 0.228 e. The van der Waals surface area contributed by atoms with Crippen LogP contribution >= 0.6 is 45.7 Å². The third-order valence-electron chi connectivity index (χ3n) is 3.62. The summed E-state index contributed by atoms with van der Waals surface area (Å²) in [6.07, 6.45) is 1.97. The van der Waals surface area contributed by atoms with Crippen LogP contribution in [0.5, 0.6) is 5.88 Å². The summed E-state index contributed by atoms with van der Waals surface area (Å²) >= 11 is 5.42. The quantitative estimate of drug-likeness (QED) is 0.251. The first kappa shape index (κ1) is 16.1. The monoisotopic (exact) mass is 468 g/mol. The van der Waals surface area contributed by atoms with E-state index in [4.69, 9.17) is 4.74 Å². The minimum atomic E-state index is 0.479. The van der Waals surface area contributed by atoms with Crippen LogP contribution in [0.1, 0.15) is 5.56 Å². The van der Waals surface area contributed by atoms with Crippen molar-refractivity contribution in [2.24, 2.45) is 7.05 Å². The number of aryl methyl sites for hydroxylation is 1. The van der Waals surface area contributed by atoms with Crippen molar-refractivity contribution in [2.45, 2.75) is 11.8 Å². The van der Waals surface area contributed by atoms with Crippen molar-refractivity contribution < 1.29 is 4.74 Å². The van der Waals surface area contributed by atoms with E-state index in [0.717, 1.165) is 34.9 Å². The summed E-state index contributed by atoms with van der Waals surface area (Å²) in [6.45, 7) is 0.479. The number of aromatic nitrogens is 4. The van der Waals surface area contributed by atoms with Crippen molar-refractivity contribution in [3.8, 4) is 5.88 Å². The van der Waals surface area contributed by atoms with Crippen LogP contribution in [-0.4, -0.2) is 26.0 Å². The van der Waals surface area contributed by atoms with Crippen LogP contribution in [-0.2, 0) is 13.7 Å². The number of hydrogen-bond acceptors (Lipinski definition) is 6. The van der Waals surface area contributed by atoms with Gasteiger partial charge in [0.05, 0.1) is 15.6 Å². The lowest BCUT2D eigenvalue weighted by molar-refractivity contribution is 0.295. The average Bonchev–Trinajstić information content (AvgIpc) is 3.11. The molecule has 0 bridgehead atoms. The number of nitrogens with zero attached hydrogens (tertiary/aromatic N) is 4. The summed E-state index contributed by atoms with van der Waals surface area (Å²) in [4.78, 5) is 10.2. The number of hydrogen-bond donors (Lipinski definition) is 0. The molecule has 0 saturated carbocycles. The Labute approximate surface area is 160 Å². The van der Waals surface area contributed by atoms with Gasteiger partial charge in [0, 0.05) is 7.05 Å². The number of rotatable bonds is 4. The maximum Gasteiger partial charge on any atom is 0.228 e. The largest absolute Gasteiger partial charge is 0.472 e. The van der Waals surface area contributed by atoms with Crippen LogP contribution in [0.2, 0.25) is 0 Å². The van der Waals surface area contributed by atoms with Gasteiger partial charge in [-0.3, -0.25) is 4.68 Å². The molecule has 1 aromatic carbocycles. The summed E-state index contributed by atoms with van der Waals surface area (Å²) in [7, 11) is 1.94. The Balaban J connectivity index is 1.86. The van der Waals surface area contributed by atoms with Crippen LogP contribution in [0.4, 0.5) is 0 Å². The molecule has 4 rings (SSSR count). The lowest BCUT2D eigenvalue weighted by atomic mass is 10.2. The fraction of sp³-hybridized carbons (Fsp3) is 0.188. The Morgan fingerprint density at radius 1 is 1.25 bits per heavy atom. The molecule has 0 spiro atoms. The molecule has 0 N–H and O–H groups in total. The lowest BCUT2D eigenvalue weighted by Crippen LogP contribution is -2.00. The number of ether oxygens (including phenoxy) is 1. The van der Waals surface area contributed by atoms with Gasteiger partial charge in [-0.1, -0.05) is 42.1 Å². The summed E-state index contributed by atoms with van der Waals surface area (Å²) in [6, 6.07) is 10.1. The lowest BCUT2D eigenvalue weighted by Gasteiger charge is -2.08. The SMILES string of the molecule is CSc1nc(OCc2ccccc2)c2c(n1)sc1c(I)nn(C)c12. The molecule has 8 heteroatoms. The third kappa shape index (κ3) is 2.76. The van der Waals surface area contributed by atoms with E-state index in [1.54, 1.807) is 11.3 Å². The first-order chi connectivity index (χ1) is 11.7. The van der Waals surface area contributed by atoms with E-state index in [9.17, 15) is 0 Å². The molecule has 5 nitrogen and oxygen atoms in total. The van der Waals surface area contributed by atoms with Gasteiger partial charge in [-0.25, -0.2) is 4.98 Å². The zero-order valence-corrected chi connectivity index (χ0v) is 16.8. The Hall–Kier alpha value is -1.39. The second-order valence-electron chi connectivity index (χ2n) is 5.16. The van der Waals surface area contributed by atoms with Crippen molar-refractivity contribution in [3.63, 3.8) is 0 Å². The molecule has 0 aliphatic rings. The number of thiophene rings is 1. The van der Waals surface area contributed by atoms with E-state index in [0.29, 0.717) is 12.5 Å². The highest BCUT2D eigenvalue weighted by Crippen LogP contribution is 2.40. The minimum absolute atomic E-state index is 0.479. The van der Waals surface area contributed by atoms with Gasteiger partial charge in [-0.05, 0) is 34.4 Å². The van der Waals surface area contributed by atoms with Crippen molar-refractivity contribution in [1.82, 2.24) is 19.7 Å². The van der Waals surface area contributed by atoms with E-state index in [1.807, 2.05) is 48.3 Å². The summed E-state index contributed by atoms with van der Waals surface area (Å²) < 4.78 is 10.1. The highest BCUT2D eigenvalue weighted by Gasteiger charge is 2.20. The molecule has 0 saturated heterocycles. The molecule has 0 radical (unpaired) electrons. The third-order valence-corrected chi connectivity index (χ3v) is 6.37. The number of benzene rings is 1. The predicted molar refractivity (Wildman–Crippen MR) is 107 cm³/mol. The average molecular weight is 468 g/mol. The van der Waals surface area contributed by atoms with Gasteiger partial charge < -0.3 is 4.74 Å². The summed E-state index contributed by atoms with van der Waals surface area (Å²) in [5.74, 6) is 0.624.